The van der Waals surface area contributed by atoms with Gasteiger partial charge in [0.15, 0.2) is 6.17 Å². The second-order valence-corrected chi connectivity index (χ2v) is 11.0. The van der Waals surface area contributed by atoms with Crippen molar-refractivity contribution in [2.75, 3.05) is 19.7 Å². The number of hydrogen-bond donors (Lipinski definition) is 2. The topological polar surface area (TPSA) is 122 Å². The molecule has 2 amide bonds. The Balaban J connectivity index is 1.62. The zero-order valence-corrected chi connectivity index (χ0v) is 21.2. The number of ether oxygens (including phenoxy) is 1. The zero-order chi connectivity index (χ0) is 25.2. The molecule has 3 N–H and O–H groups in total. The summed E-state index contributed by atoms with van der Waals surface area (Å²) in [7, 11) is -4.18. The Morgan fingerprint density at radius 1 is 1.09 bits per heavy atom. The fraction of sp³-hybridized carbons (Fsp3) is 0.391. The maximum atomic E-state index is 13.5. The Morgan fingerprint density at radius 2 is 1.86 bits per heavy atom. The summed E-state index contributed by atoms with van der Waals surface area (Å²) in [5.74, 6) is -1.02. The first-order chi connectivity index (χ1) is 16.7. The molecule has 9 nitrogen and oxygen atoms in total. The van der Waals surface area contributed by atoms with E-state index in [2.05, 4.69) is 5.32 Å². The van der Waals surface area contributed by atoms with Crippen LogP contribution in [0.4, 0.5) is 0 Å². The van der Waals surface area contributed by atoms with Crippen LogP contribution in [0.3, 0.4) is 0 Å². The van der Waals surface area contributed by atoms with Gasteiger partial charge in [0.25, 0.3) is 11.8 Å². The molecule has 0 aromatic heterocycles. The van der Waals surface area contributed by atoms with E-state index in [1.54, 1.807) is 0 Å². The first kappa shape index (κ1) is 25.9. The highest BCUT2D eigenvalue weighted by Crippen LogP contribution is 2.30. The summed E-state index contributed by atoms with van der Waals surface area (Å²) >= 11 is 12.0. The van der Waals surface area contributed by atoms with Gasteiger partial charge in [-0.3, -0.25) is 9.59 Å². The molecule has 2 fully saturated rings. The van der Waals surface area contributed by atoms with Gasteiger partial charge < -0.3 is 20.7 Å². The lowest BCUT2D eigenvalue weighted by molar-refractivity contribution is -0.147. The van der Waals surface area contributed by atoms with Crippen LogP contribution in [0.2, 0.25) is 10.0 Å². The van der Waals surface area contributed by atoms with Crippen LogP contribution in [-0.4, -0.2) is 61.4 Å². The number of rotatable bonds is 7. The van der Waals surface area contributed by atoms with Crippen LogP contribution in [0.1, 0.15) is 24.0 Å². The minimum absolute atomic E-state index is 0.0538. The van der Waals surface area contributed by atoms with E-state index in [-0.39, 0.29) is 34.6 Å². The van der Waals surface area contributed by atoms with Crippen LogP contribution in [0.15, 0.2) is 47.4 Å². The molecule has 0 bridgehead atoms. The van der Waals surface area contributed by atoms with Crippen LogP contribution in [-0.2, 0) is 37.4 Å². The third-order valence-corrected chi connectivity index (χ3v) is 8.63. The number of halogens is 2. The van der Waals surface area contributed by atoms with Crippen LogP contribution in [0.5, 0.6) is 0 Å². The van der Waals surface area contributed by atoms with Gasteiger partial charge in [-0.05, 0) is 42.2 Å². The average Bonchev–Trinajstić information content (AvgIpc) is 3.55. The lowest BCUT2D eigenvalue weighted by Gasteiger charge is -2.30. The van der Waals surface area contributed by atoms with Gasteiger partial charge >= 0.3 is 0 Å². The van der Waals surface area contributed by atoms with Gasteiger partial charge in [-0.15, -0.1) is 0 Å². The van der Waals surface area contributed by atoms with Crippen molar-refractivity contribution in [3.05, 3.63) is 63.6 Å². The molecule has 2 aliphatic rings. The van der Waals surface area contributed by atoms with Crippen LogP contribution in [0, 0.1) is 0 Å². The van der Waals surface area contributed by atoms with Gasteiger partial charge in [-0.25, -0.2) is 8.42 Å². The Labute approximate surface area is 214 Å². The normalized spacial score (nSPS) is 20.8. The van der Waals surface area contributed by atoms with Crippen molar-refractivity contribution in [3.8, 4) is 0 Å². The molecular formula is C23H26Cl2N4O5S. The number of amides is 2. The molecule has 2 aromatic rings. The van der Waals surface area contributed by atoms with Crippen molar-refractivity contribution in [1.82, 2.24) is 14.5 Å². The molecule has 2 atom stereocenters. The van der Waals surface area contributed by atoms with E-state index >= 15 is 0 Å². The van der Waals surface area contributed by atoms with E-state index in [0.717, 1.165) is 21.9 Å². The highest BCUT2D eigenvalue weighted by Gasteiger charge is 2.48. The van der Waals surface area contributed by atoms with Crippen molar-refractivity contribution in [2.45, 2.75) is 43.1 Å². The highest BCUT2D eigenvalue weighted by molar-refractivity contribution is 7.89. The largest absolute Gasteiger partial charge is 0.368 e. The number of nitrogens with one attached hydrogen (secondary N) is 1. The predicted octanol–water partition coefficient (Wildman–Crippen LogP) is 2.11. The first-order valence-corrected chi connectivity index (χ1v) is 13.4. The Hall–Kier alpha value is -2.21. The molecule has 2 heterocycles. The number of hydrogen-bond acceptors (Lipinski definition) is 6. The van der Waals surface area contributed by atoms with E-state index in [1.807, 2.05) is 24.3 Å². The van der Waals surface area contributed by atoms with Gasteiger partial charge in [-0.1, -0.05) is 47.5 Å². The molecule has 2 saturated heterocycles. The standard InChI is InChI=1S/C23H26Cl2N4O5S/c24-18-7-6-17(12-19(18)25)35(32,33)29-9-8-28(23(31)20-5-2-10-34-20)22(29)21(30)27-14-16-4-1-3-15(11-16)13-26/h1,3-4,6-7,11-12,20,22H,2,5,8-10,13-14,26H2,(H,27,30). The second-order valence-electron chi connectivity index (χ2n) is 8.34. The Kier molecular flexibility index (Phi) is 7.99. The van der Waals surface area contributed by atoms with Crippen LogP contribution in [0.25, 0.3) is 0 Å². The van der Waals surface area contributed by atoms with Gasteiger partial charge in [0.05, 0.1) is 14.9 Å². The zero-order valence-electron chi connectivity index (χ0n) is 18.8. The quantitative estimate of drug-likeness (QED) is 0.554. The Morgan fingerprint density at radius 3 is 2.54 bits per heavy atom. The molecule has 188 valence electrons. The van der Waals surface area contributed by atoms with E-state index in [0.29, 0.717) is 19.6 Å². The third-order valence-electron chi connectivity index (χ3n) is 6.04. The minimum Gasteiger partial charge on any atom is -0.368 e. The molecule has 0 radical (unpaired) electrons. The number of sulfonamides is 1. The highest BCUT2D eigenvalue weighted by atomic mass is 35.5. The predicted molar refractivity (Wildman–Crippen MR) is 131 cm³/mol. The van der Waals surface area contributed by atoms with E-state index in [4.69, 9.17) is 33.7 Å². The number of benzene rings is 2. The van der Waals surface area contributed by atoms with Gasteiger partial charge in [0.2, 0.25) is 10.0 Å². The lowest BCUT2D eigenvalue weighted by Crippen LogP contribution is -2.55. The first-order valence-electron chi connectivity index (χ1n) is 11.2. The van der Waals surface area contributed by atoms with E-state index in [9.17, 15) is 18.0 Å². The molecule has 2 unspecified atom stereocenters. The number of nitrogens with zero attached hydrogens (tertiary/aromatic N) is 2. The molecular weight excluding hydrogens is 515 g/mol. The van der Waals surface area contributed by atoms with Gasteiger partial charge in [0, 0.05) is 32.8 Å². The molecule has 0 saturated carbocycles. The van der Waals surface area contributed by atoms with Crippen molar-refractivity contribution in [2.24, 2.45) is 5.73 Å². The fourth-order valence-electron chi connectivity index (χ4n) is 4.24. The maximum Gasteiger partial charge on any atom is 0.259 e. The molecule has 12 heteroatoms. The smallest absolute Gasteiger partial charge is 0.259 e. The Bertz CT molecular complexity index is 1220. The summed E-state index contributed by atoms with van der Waals surface area (Å²) in [6.07, 6.45) is -0.818. The summed E-state index contributed by atoms with van der Waals surface area (Å²) in [4.78, 5) is 27.7. The molecule has 0 aliphatic carbocycles. The van der Waals surface area contributed by atoms with Crippen molar-refractivity contribution >= 4 is 45.0 Å². The molecule has 0 spiro atoms. The summed E-state index contributed by atoms with van der Waals surface area (Å²) in [5.41, 5.74) is 7.39. The average molecular weight is 541 g/mol. The van der Waals surface area contributed by atoms with Gasteiger partial charge in [0.1, 0.15) is 6.10 Å². The van der Waals surface area contributed by atoms with Crippen molar-refractivity contribution in [1.29, 1.82) is 0 Å². The molecule has 4 rings (SSSR count). The summed E-state index contributed by atoms with van der Waals surface area (Å²) < 4.78 is 33.6. The minimum atomic E-state index is -4.18. The summed E-state index contributed by atoms with van der Waals surface area (Å²) in [6, 6.07) is 11.3. The molecule has 2 aliphatic heterocycles. The number of carbonyl (C=O) groups is 2. The SMILES string of the molecule is NCc1cccc(CNC(=O)C2N(C(=O)C3CCCO3)CCN2S(=O)(=O)c2ccc(Cl)c(Cl)c2)c1. The molecule has 35 heavy (non-hydrogen) atoms. The van der Waals surface area contributed by atoms with Crippen LogP contribution >= 0.6 is 23.2 Å². The van der Waals surface area contributed by atoms with Crippen LogP contribution < -0.4 is 11.1 Å². The third kappa shape index (κ3) is 5.47. The monoisotopic (exact) mass is 540 g/mol. The lowest BCUT2D eigenvalue weighted by atomic mass is 10.1. The summed E-state index contributed by atoms with van der Waals surface area (Å²) in [5, 5.41) is 3.05. The number of nitrogens with two attached hydrogens (primary N) is 1. The van der Waals surface area contributed by atoms with Crippen molar-refractivity contribution < 1.29 is 22.7 Å². The molecule has 2 aromatic carbocycles. The maximum absolute atomic E-state index is 13.5. The van der Waals surface area contributed by atoms with Crippen molar-refractivity contribution in [3.63, 3.8) is 0 Å². The summed E-state index contributed by atoms with van der Waals surface area (Å²) in [6.45, 7) is 0.946. The van der Waals surface area contributed by atoms with Gasteiger partial charge in [-0.2, -0.15) is 4.31 Å². The van der Waals surface area contributed by atoms with E-state index < -0.39 is 34.1 Å². The number of carbonyl (C=O) groups excluding carboxylic acids is 2. The fourth-order valence-corrected chi connectivity index (χ4v) is 6.17. The second kappa shape index (κ2) is 10.8. The van der Waals surface area contributed by atoms with E-state index in [1.165, 1.54) is 23.1 Å².